The zero-order valence-electron chi connectivity index (χ0n) is 16.3. The third-order valence-electron chi connectivity index (χ3n) is 4.20. The smallest absolute Gasteiger partial charge is 0.156 e. The van der Waals surface area contributed by atoms with Crippen molar-refractivity contribution in [3.05, 3.63) is 55.5 Å². The molecule has 0 radical (unpaired) electrons. The Labute approximate surface area is 237 Å². The van der Waals surface area contributed by atoms with Crippen LogP contribution in [0.3, 0.4) is 0 Å². The maximum Gasteiger partial charge on any atom is 0.156 e. The first kappa shape index (κ1) is 28.4. The number of ether oxygens (including phenoxy) is 2. The number of aryl methyl sites for hydroxylation is 2. The summed E-state index contributed by atoms with van der Waals surface area (Å²) in [5.74, 6) is 1.02. The molecule has 0 amide bonds. The number of alkyl halides is 4. The maximum absolute atomic E-state index is 6.39. The minimum Gasteiger partial charge on any atom is -0.489 e. The summed E-state index contributed by atoms with van der Waals surface area (Å²) in [6, 6.07) is 7.60. The molecule has 31 heavy (non-hydrogen) atoms. The van der Waals surface area contributed by atoms with Gasteiger partial charge in [0.1, 0.15) is 13.2 Å². The van der Waals surface area contributed by atoms with Crippen LogP contribution in [0.4, 0.5) is 0 Å². The van der Waals surface area contributed by atoms with Gasteiger partial charge in [-0.3, -0.25) is 0 Å². The predicted octanol–water partition coefficient (Wildman–Crippen LogP) is 9.55. The summed E-state index contributed by atoms with van der Waals surface area (Å²) in [6.07, 6.45) is 2.51. The first-order chi connectivity index (χ1) is 14.7. The zero-order valence-corrected chi connectivity index (χ0v) is 25.6. The van der Waals surface area contributed by atoms with Gasteiger partial charge in [-0.15, -0.1) is 0 Å². The minimum atomic E-state index is 0.181. The second-order valence-corrected chi connectivity index (χ2v) is 12.3. The van der Waals surface area contributed by atoms with Gasteiger partial charge in [0.05, 0.1) is 29.7 Å². The first-order valence-corrected chi connectivity index (χ1v) is 14.9. The molecule has 10 heteroatoms. The lowest BCUT2D eigenvalue weighted by Crippen LogP contribution is -2.12. The van der Waals surface area contributed by atoms with Crippen LogP contribution in [0.15, 0.2) is 24.3 Å². The quantitative estimate of drug-likeness (QED) is 0.201. The summed E-state index contributed by atoms with van der Waals surface area (Å²) in [5.41, 5.74) is 2.10. The van der Waals surface area contributed by atoms with Crippen LogP contribution in [0.1, 0.15) is 17.5 Å². The van der Waals surface area contributed by atoms with E-state index in [0.717, 1.165) is 41.0 Å². The highest BCUT2D eigenvalue weighted by Crippen LogP contribution is 2.36. The van der Waals surface area contributed by atoms with E-state index in [1.165, 1.54) is 0 Å². The summed E-state index contributed by atoms with van der Waals surface area (Å²) in [7, 11) is 0. The van der Waals surface area contributed by atoms with E-state index in [1.807, 2.05) is 24.3 Å². The van der Waals surface area contributed by atoms with Gasteiger partial charge < -0.3 is 9.47 Å². The van der Waals surface area contributed by atoms with Crippen molar-refractivity contribution < 1.29 is 9.47 Å². The van der Waals surface area contributed by atoms with Gasteiger partial charge in [-0.25, -0.2) is 0 Å². The Morgan fingerprint density at radius 1 is 0.645 bits per heavy atom. The molecule has 2 atom stereocenters. The third kappa shape index (κ3) is 9.35. The standard InChI is InChI=1S/C21H20Br4Cl4O2/c22-8-14(24)10-30-20-16(26)4-12(5-17(20)27)2-1-3-13-6-18(28)21(19(29)7-13)31-11-15(25)9-23/h4-7,14-15H,1-3,8-11H2. The second-order valence-electron chi connectivity index (χ2n) is 6.76. The van der Waals surface area contributed by atoms with Gasteiger partial charge in [-0.05, 0) is 54.7 Å². The molecular formula is C21H20Br4Cl4O2. The summed E-state index contributed by atoms with van der Waals surface area (Å²) >= 11 is 39.3. The van der Waals surface area contributed by atoms with E-state index in [9.17, 15) is 0 Å². The van der Waals surface area contributed by atoms with Gasteiger partial charge in [-0.1, -0.05) is 110 Å². The Morgan fingerprint density at radius 2 is 0.968 bits per heavy atom. The van der Waals surface area contributed by atoms with Crippen molar-refractivity contribution in [2.45, 2.75) is 28.9 Å². The molecule has 2 nitrogen and oxygen atoms in total. The molecule has 2 aromatic carbocycles. The molecule has 0 aliphatic rings. The van der Waals surface area contributed by atoms with Crippen LogP contribution in [0.2, 0.25) is 20.1 Å². The van der Waals surface area contributed by atoms with Crippen LogP contribution in [-0.2, 0) is 12.8 Å². The molecule has 0 aromatic heterocycles. The van der Waals surface area contributed by atoms with Crippen LogP contribution < -0.4 is 9.47 Å². The van der Waals surface area contributed by atoms with Gasteiger partial charge in [0.2, 0.25) is 0 Å². The first-order valence-electron chi connectivity index (χ1n) is 9.36. The Kier molecular flexibility index (Phi) is 13.3. The van der Waals surface area contributed by atoms with Gasteiger partial charge in [0.15, 0.2) is 11.5 Å². The molecule has 0 fully saturated rings. The number of rotatable bonds is 12. The fourth-order valence-corrected chi connectivity index (χ4v) is 4.64. The number of halogens is 8. The molecule has 2 unspecified atom stereocenters. The number of benzene rings is 2. The van der Waals surface area contributed by atoms with E-state index in [4.69, 9.17) is 55.9 Å². The monoisotopic (exact) mass is 760 g/mol. The van der Waals surface area contributed by atoms with E-state index >= 15 is 0 Å². The van der Waals surface area contributed by atoms with Crippen molar-refractivity contribution >= 4 is 110 Å². The maximum atomic E-state index is 6.39. The lowest BCUT2D eigenvalue weighted by atomic mass is 10.0. The topological polar surface area (TPSA) is 18.5 Å². The summed E-state index contributed by atoms with van der Waals surface area (Å²) in [6.45, 7) is 0.940. The lowest BCUT2D eigenvalue weighted by Gasteiger charge is -2.14. The SMILES string of the molecule is Clc1cc(CCCc2cc(Cl)c(OCC(Br)CBr)c(Cl)c2)cc(Cl)c1OCC(Br)CBr. The molecule has 0 aliphatic heterocycles. The zero-order chi connectivity index (χ0) is 23.0. The van der Waals surface area contributed by atoms with Crippen LogP contribution in [-0.4, -0.2) is 33.5 Å². The van der Waals surface area contributed by atoms with E-state index in [1.54, 1.807) is 0 Å². The molecule has 2 rings (SSSR count). The Balaban J connectivity index is 1.95. The Bertz CT molecular complexity index is 754. The van der Waals surface area contributed by atoms with Crippen LogP contribution in [0, 0.1) is 0 Å². The van der Waals surface area contributed by atoms with E-state index in [-0.39, 0.29) is 9.65 Å². The van der Waals surface area contributed by atoms with Gasteiger partial charge >= 0.3 is 0 Å². The highest BCUT2D eigenvalue weighted by molar-refractivity contribution is 9.12. The Morgan fingerprint density at radius 3 is 1.26 bits per heavy atom. The summed E-state index contributed by atoms with van der Waals surface area (Å²) in [5, 5.41) is 3.59. The molecule has 0 bridgehead atoms. The molecule has 172 valence electrons. The highest BCUT2D eigenvalue weighted by atomic mass is 79.9. The van der Waals surface area contributed by atoms with Gasteiger partial charge in [0.25, 0.3) is 0 Å². The molecule has 2 aromatic rings. The van der Waals surface area contributed by atoms with Crippen LogP contribution in [0.5, 0.6) is 11.5 Å². The molecule has 0 aliphatic carbocycles. The molecule has 0 saturated carbocycles. The van der Waals surface area contributed by atoms with Gasteiger partial charge in [0, 0.05) is 10.7 Å². The normalized spacial score (nSPS) is 13.2. The summed E-state index contributed by atoms with van der Waals surface area (Å²) in [4.78, 5) is 0.361. The van der Waals surface area contributed by atoms with Crippen LogP contribution >= 0.6 is 110 Å². The lowest BCUT2D eigenvalue weighted by molar-refractivity contribution is 0.326. The molecule has 0 N–H and O–H groups in total. The average molecular weight is 766 g/mol. The van der Waals surface area contributed by atoms with Crippen molar-refractivity contribution in [1.82, 2.24) is 0 Å². The highest BCUT2D eigenvalue weighted by Gasteiger charge is 2.14. The fourth-order valence-electron chi connectivity index (χ4n) is 2.72. The number of hydrogen-bond acceptors (Lipinski definition) is 2. The fraction of sp³-hybridized carbons (Fsp3) is 0.429. The third-order valence-corrected chi connectivity index (χ3v) is 9.80. The van der Waals surface area contributed by atoms with Gasteiger partial charge in [-0.2, -0.15) is 0 Å². The molecule has 0 spiro atoms. The minimum absolute atomic E-state index is 0.181. The Hall–Kier alpha value is 1.12. The molecular weight excluding hydrogens is 746 g/mol. The number of hydrogen-bond donors (Lipinski definition) is 0. The van der Waals surface area contributed by atoms with Crippen molar-refractivity contribution in [2.24, 2.45) is 0 Å². The summed E-state index contributed by atoms with van der Waals surface area (Å²) < 4.78 is 11.5. The van der Waals surface area contributed by atoms with E-state index < -0.39 is 0 Å². The van der Waals surface area contributed by atoms with E-state index in [2.05, 4.69) is 63.7 Å². The largest absolute Gasteiger partial charge is 0.489 e. The molecule has 0 heterocycles. The van der Waals surface area contributed by atoms with Crippen molar-refractivity contribution in [3.63, 3.8) is 0 Å². The predicted molar refractivity (Wildman–Crippen MR) is 149 cm³/mol. The van der Waals surface area contributed by atoms with Crippen LogP contribution in [0.25, 0.3) is 0 Å². The van der Waals surface area contributed by atoms with Crippen molar-refractivity contribution in [2.75, 3.05) is 23.9 Å². The van der Waals surface area contributed by atoms with Crippen molar-refractivity contribution in [3.8, 4) is 11.5 Å². The molecule has 0 saturated heterocycles. The van der Waals surface area contributed by atoms with E-state index in [0.29, 0.717) is 44.8 Å². The second kappa shape index (κ2) is 14.5. The average Bonchev–Trinajstić information content (AvgIpc) is 2.72. The van der Waals surface area contributed by atoms with Crippen molar-refractivity contribution in [1.29, 1.82) is 0 Å².